The van der Waals surface area contributed by atoms with Crippen LogP contribution >= 0.6 is 0 Å². The number of nitrogens with zero attached hydrogens (tertiary/aromatic N) is 1. The van der Waals surface area contributed by atoms with Crippen molar-refractivity contribution in [2.24, 2.45) is 11.8 Å². The second kappa shape index (κ2) is 12.8. The molecule has 0 amide bonds. The van der Waals surface area contributed by atoms with Gasteiger partial charge in [0, 0.05) is 22.4 Å². The fourth-order valence-corrected chi connectivity index (χ4v) is 10.2. The number of para-hydroxylation sites is 1. The largest absolute Gasteiger partial charge is 0.310 e. The summed E-state index contributed by atoms with van der Waals surface area (Å²) in [6.07, 6.45) is 5.61. The Bertz CT molecular complexity index is 2440. The topological polar surface area (TPSA) is 3.24 Å². The fraction of sp³-hybridized carbons (Fsp3) is 0.192. The van der Waals surface area contributed by atoms with Crippen molar-refractivity contribution in [3.8, 4) is 44.5 Å². The summed E-state index contributed by atoms with van der Waals surface area (Å²) in [6.45, 7) is 4.80. The number of hydrogen-bond donors (Lipinski definition) is 0. The van der Waals surface area contributed by atoms with Crippen LogP contribution in [0, 0.1) is 11.8 Å². The van der Waals surface area contributed by atoms with Crippen molar-refractivity contribution < 1.29 is 0 Å². The molecule has 0 N–H and O–H groups in total. The lowest BCUT2D eigenvalue weighted by molar-refractivity contribution is 0.420. The van der Waals surface area contributed by atoms with Crippen molar-refractivity contribution in [1.82, 2.24) is 0 Å². The minimum Gasteiger partial charge on any atom is -0.310 e. The van der Waals surface area contributed by atoms with Crippen molar-refractivity contribution in [3.63, 3.8) is 0 Å². The van der Waals surface area contributed by atoms with Crippen LogP contribution in [0.25, 0.3) is 44.5 Å². The summed E-state index contributed by atoms with van der Waals surface area (Å²) in [5.41, 5.74) is 17.9. The molecule has 3 atom stereocenters. The highest BCUT2D eigenvalue weighted by Gasteiger charge is 2.40. The maximum Gasteiger partial charge on any atom is 0.0540 e. The molecule has 3 aliphatic rings. The summed E-state index contributed by atoms with van der Waals surface area (Å²) >= 11 is 0. The van der Waals surface area contributed by atoms with Crippen LogP contribution in [-0.2, 0) is 5.41 Å². The second-order valence-electron chi connectivity index (χ2n) is 16.1. The number of rotatable bonds is 7. The average Bonchev–Trinajstić information content (AvgIpc) is 3.92. The van der Waals surface area contributed by atoms with Crippen LogP contribution < -0.4 is 4.90 Å². The molecule has 258 valence electrons. The van der Waals surface area contributed by atoms with E-state index in [-0.39, 0.29) is 5.41 Å². The Labute approximate surface area is 314 Å². The normalized spacial score (nSPS) is 19.2. The van der Waals surface area contributed by atoms with Crippen molar-refractivity contribution in [1.29, 1.82) is 0 Å². The molecule has 3 aliphatic carbocycles. The second-order valence-corrected chi connectivity index (χ2v) is 16.1. The highest BCUT2D eigenvalue weighted by atomic mass is 15.1. The highest BCUT2D eigenvalue weighted by molar-refractivity contribution is 5.96. The van der Waals surface area contributed by atoms with E-state index < -0.39 is 0 Å². The predicted octanol–water partition coefficient (Wildman–Crippen LogP) is 14.4. The van der Waals surface area contributed by atoms with Crippen LogP contribution in [0.5, 0.6) is 0 Å². The molecule has 3 unspecified atom stereocenters. The van der Waals surface area contributed by atoms with Gasteiger partial charge in [0.2, 0.25) is 0 Å². The zero-order valence-corrected chi connectivity index (χ0v) is 30.7. The van der Waals surface area contributed by atoms with Gasteiger partial charge in [-0.05, 0) is 123 Å². The Morgan fingerprint density at radius 1 is 0.472 bits per heavy atom. The third-order valence-electron chi connectivity index (χ3n) is 12.8. The maximum atomic E-state index is 2.51. The van der Waals surface area contributed by atoms with E-state index in [1.54, 1.807) is 0 Å². The smallest absolute Gasteiger partial charge is 0.0540 e. The minimum atomic E-state index is -0.151. The van der Waals surface area contributed by atoms with Gasteiger partial charge in [-0.25, -0.2) is 0 Å². The van der Waals surface area contributed by atoms with Crippen molar-refractivity contribution >= 4 is 17.1 Å². The van der Waals surface area contributed by atoms with Crippen LogP contribution in [-0.4, -0.2) is 0 Å². The number of benzene rings is 7. The van der Waals surface area contributed by atoms with Gasteiger partial charge in [-0.2, -0.15) is 0 Å². The summed E-state index contributed by atoms with van der Waals surface area (Å²) in [5.74, 6) is 2.50. The zero-order chi connectivity index (χ0) is 35.5. The van der Waals surface area contributed by atoms with Crippen molar-refractivity contribution in [2.75, 3.05) is 4.90 Å². The molecule has 2 saturated carbocycles. The first-order valence-corrected chi connectivity index (χ1v) is 19.5. The lowest BCUT2D eigenvalue weighted by atomic mass is 9.81. The SMILES string of the molecule is CC1(C)c2cc(N(c3ccc(C4CC5CCC4C5)cc3)c3ccccc3-c3ccccc3-c3ccccc3)ccc2-c2c(-c3ccccc3)cccc21. The van der Waals surface area contributed by atoms with Gasteiger partial charge < -0.3 is 4.90 Å². The molecular formula is C52H45N. The van der Waals surface area contributed by atoms with Gasteiger partial charge in [0.05, 0.1) is 5.69 Å². The number of hydrogen-bond acceptors (Lipinski definition) is 1. The van der Waals surface area contributed by atoms with Gasteiger partial charge >= 0.3 is 0 Å². The lowest BCUT2D eigenvalue weighted by Crippen LogP contribution is -2.17. The van der Waals surface area contributed by atoms with Crippen LogP contribution in [0.15, 0.2) is 170 Å². The molecule has 10 rings (SSSR count). The van der Waals surface area contributed by atoms with E-state index >= 15 is 0 Å². The summed E-state index contributed by atoms with van der Waals surface area (Å²) in [7, 11) is 0. The molecular weight excluding hydrogens is 639 g/mol. The zero-order valence-electron chi connectivity index (χ0n) is 30.7. The van der Waals surface area contributed by atoms with Gasteiger partial charge in [0.25, 0.3) is 0 Å². The van der Waals surface area contributed by atoms with E-state index in [0.717, 1.165) is 11.8 Å². The van der Waals surface area contributed by atoms with E-state index in [2.05, 4.69) is 189 Å². The molecule has 2 fully saturated rings. The van der Waals surface area contributed by atoms with Gasteiger partial charge in [0.1, 0.15) is 0 Å². The highest BCUT2D eigenvalue weighted by Crippen LogP contribution is 2.55. The van der Waals surface area contributed by atoms with Crippen molar-refractivity contribution in [2.45, 2.75) is 50.9 Å². The molecule has 2 bridgehead atoms. The molecule has 0 radical (unpaired) electrons. The Morgan fingerprint density at radius 3 is 1.79 bits per heavy atom. The molecule has 7 aromatic carbocycles. The average molecular weight is 684 g/mol. The standard InChI is InChI=1S/C52H45N/c1-52(2)48-22-13-21-43(37-16-7-4-8-17-37)51(48)46-31-30-41(34-49(46)52)53(40-28-26-38(27-29-40)47-33-35-24-25-39(47)32-35)50-23-12-11-20-45(50)44-19-10-9-18-42(44)36-14-5-3-6-15-36/h3-23,26-31,34-35,39,47H,24-25,32-33H2,1-2H3. The van der Waals surface area contributed by atoms with Gasteiger partial charge in [0.15, 0.2) is 0 Å². The molecule has 1 heteroatoms. The first-order valence-electron chi connectivity index (χ1n) is 19.5. The Balaban J connectivity index is 1.15. The first-order chi connectivity index (χ1) is 26.0. The molecule has 0 aromatic heterocycles. The molecule has 7 aromatic rings. The molecule has 0 aliphatic heterocycles. The van der Waals surface area contributed by atoms with E-state index in [4.69, 9.17) is 0 Å². The third kappa shape index (κ3) is 5.36. The van der Waals surface area contributed by atoms with Crippen molar-refractivity contribution in [3.05, 3.63) is 187 Å². The van der Waals surface area contributed by atoms with Gasteiger partial charge in [-0.3, -0.25) is 0 Å². The molecule has 53 heavy (non-hydrogen) atoms. The summed E-state index contributed by atoms with van der Waals surface area (Å²) in [5, 5.41) is 0. The van der Waals surface area contributed by atoms with Crippen LogP contribution in [0.4, 0.5) is 17.1 Å². The Hall–Kier alpha value is -5.66. The predicted molar refractivity (Wildman–Crippen MR) is 223 cm³/mol. The van der Waals surface area contributed by atoms with Gasteiger partial charge in [-0.15, -0.1) is 0 Å². The summed E-state index contributed by atoms with van der Waals surface area (Å²) in [4.78, 5) is 2.51. The molecule has 0 saturated heterocycles. The fourth-order valence-electron chi connectivity index (χ4n) is 10.2. The Kier molecular flexibility index (Phi) is 7.72. The molecule has 0 heterocycles. The Morgan fingerprint density at radius 2 is 1.09 bits per heavy atom. The van der Waals surface area contributed by atoms with Gasteiger partial charge in [-0.1, -0.05) is 160 Å². The number of fused-ring (bicyclic) bond motifs is 5. The minimum absolute atomic E-state index is 0.151. The monoisotopic (exact) mass is 683 g/mol. The van der Waals surface area contributed by atoms with E-state index in [9.17, 15) is 0 Å². The third-order valence-corrected chi connectivity index (χ3v) is 12.8. The summed E-state index contributed by atoms with van der Waals surface area (Å²) in [6, 6.07) is 63.3. The van der Waals surface area contributed by atoms with Crippen LogP contribution in [0.3, 0.4) is 0 Å². The van der Waals surface area contributed by atoms with Crippen LogP contribution in [0.1, 0.15) is 62.1 Å². The van der Waals surface area contributed by atoms with Crippen LogP contribution in [0.2, 0.25) is 0 Å². The summed E-state index contributed by atoms with van der Waals surface area (Å²) < 4.78 is 0. The maximum absolute atomic E-state index is 2.51. The number of anilines is 3. The van der Waals surface area contributed by atoms with E-state index in [1.807, 2.05) is 0 Å². The lowest BCUT2D eigenvalue weighted by Gasteiger charge is -2.30. The molecule has 0 spiro atoms. The molecule has 1 nitrogen and oxygen atoms in total. The quantitative estimate of drug-likeness (QED) is 0.162. The van der Waals surface area contributed by atoms with E-state index in [0.29, 0.717) is 5.92 Å². The van der Waals surface area contributed by atoms with E-state index in [1.165, 1.54) is 104 Å². The first kappa shape index (κ1) is 32.0.